The van der Waals surface area contributed by atoms with Gasteiger partial charge < -0.3 is 15.4 Å². The molecule has 2 fully saturated rings. The highest BCUT2D eigenvalue weighted by Gasteiger charge is 2.28. The summed E-state index contributed by atoms with van der Waals surface area (Å²) in [6, 6.07) is 1.16. The second-order valence-corrected chi connectivity index (χ2v) is 6.35. The van der Waals surface area contributed by atoms with Crippen LogP contribution >= 0.6 is 23.5 Å². The van der Waals surface area contributed by atoms with Gasteiger partial charge in [0, 0.05) is 55.3 Å². The molecule has 0 bridgehead atoms. The summed E-state index contributed by atoms with van der Waals surface area (Å²) in [7, 11) is 1.81. The average molecular weight is 248 g/mol. The van der Waals surface area contributed by atoms with Gasteiger partial charge in [-0.2, -0.15) is 23.5 Å². The molecular formula is C10H20N2OS2. The van der Waals surface area contributed by atoms with Crippen LogP contribution in [0.3, 0.4) is 0 Å². The molecule has 2 aliphatic rings. The molecule has 15 heavy (non-hydrogen) atoms. The number of ether oxygens (including phenoxy) is 1. The Morgan fingerprint density at radius 3 is 2.60 bits per heavy atom. The maximum Gasteiger partial charge on any atom is 0.0860 e. The lowest BCUT2D eigenvalue weighted by atomic mass is 10.2. The SMILES string of the molecule is CO[C@H]1CNC[C@@H]1NC1CSCCSC1. The Morgan fingerprint density at radius 2 is 1.93 bits per heavy atom. The molecule has 5 heteroatoms. The number of nitrogens with one attached hydrogen (secondary N) is 2. The molecule has 0 amide bonds. The largest absolute Gasteiger partial charge is 0.378 e. The van der Waals surface area contributed by atoms with Crippen molar-refractivity contribution in [3.63, 3.8) is 0 Å². The Bertz CT molecular complexity index is 186. The van der Waals surface area contributed by atoms with Crippen LogP contribution in [0.25, 0.3) is 0 Å². The molecule has 2 N–H and O–H groups in total. The molecule has 2 aliphatic heterocycles. The van der Waals surface area contributed by atoms with Crippen LogP contribution in [0, 0.1) is 0 Å². The fourth-order valence-electron chi connectivity index (χ4n) is 2.08. The third kappa shape index (κ3) is 3.53. The van der Waals surface area contributed by atoms with Crippen molar-refractivity contribution in [3.8, 4) is 0 Å². The van der Waals surface area contributed by atoms with E-state index in [9.17, 15) is 0 Å². The van der Waals surface area contributed by atoms with Crippen LogP contribution in [-0.4, -0.2) is 61.4 Å². The van der Waals surface area contributed by atoms with Gasteiger partial charge >= 0.3 is 0 Å². The highest BCUT2D eigenvalue weighted by atomic mass is 32.2. The summed E-state index contributed by atoms with van der Waals surface area (Å²) in [5.74, 6) is 5.11. The second kappa shape index (κ2) is 6.35. The summed E-state index contributed by atoms with van der Waals surface area (Å²) >= 11 is 4.14. The minimum Gasteiger partial charge on any atom is -0.378 e. The summed E-state index contributed by atoms with van der Waals surface area (Å²) in [6.45, 7) is 2.03. The second-order valence-electron chi connectivity index (χ2n) is 4.05. The van der Waals surface area contributed by atoms with Crippen molar-refractivity contribution in [3.05, 3.63) is 0 Å². The van der Waals surface area contributed by atoms with E-state index in [1.165, 1.54) is 23.0 Å². The van der Waals surface area contributed by atoms with Crippen molar-refractivity contribution in [2.24, 2.45) is 0 Å². The van der Waals surface area contributed by atoms with Crippen LogP contribution in [-0.2, 0) is 4.74 Å². The third-order valence-corrected chi connectivity index (χ3v) is 5.44. The lowest BCUT2D eigenvalue weighted by Gasteiger charge is -2.24. The fourth-order valence-corrected chi connectivity index (χ4v) is 4.51. The Balaban J connectivity index is 1.78. The zero-order valence-electron chi connectivity index (χ0n) is 9.20. The maximum atomic E-state index is 5.46. The third-order valence-electron chi connectivity index (χ3n) is 2.92. The van der Waals surface area contributed by atoms with Gasteiger partial charge in [-0.15, -0.1) is 0 Å². The Labute approximate surface area is 100 Å². The van der Waals surface area contributed by atoms with E-state index < -0.39 is 0 Å². The minimum atomic E-state index is 0.350. The summed E-state index contributed by atoms with van der Waals surface area (Å²) in [6.07, 6.45) is 0.350. The van der Waals surface area contributed by atoms with Crippen LogP contribution in [0.2, 0.25) is 0 Å². The van der Waals surface area contributed by atoms with Crippen LogP contribution in [0.15, 0.2) is 0 Å². The molecule has 0 saturated carbocycles. The highest BCUT2D eigenvalue weighted by molar-refractivity contribution is 8.03. The van der Waals surface area contributed by atoms with Crippen molar-refractivity contribution >= 4 is 23.5 Å². The monoisotopic (exact) mass is 248 g/mol. The molecule has 2 heterocycles. The maximum absolute atomic E-state index is 5.46. The van der Waals surface area contributed by atoms with Crippen LogP contribution in [0.4, 0.5) is 0 Å². The molecule has 3 nitrogen and oxygen atoms in total. The van der Waals surface area contributed by atoms with Crippen LogP contribution < -0.4 is 10.6 Å². The first-order valence-electron chi connectivity index (χ1n) is 5.55. The summed E-state index contributed by atoms with van der Waals surface area (Å²) in [5, 5.41) is 7.11. The van der Waals surface area contributed by atoms with Gasteiger partial charge in [0.2, 0.25) is 0 Å². The molecule has 0 aromatic carbocycles. The molecule has 0 unspecified atom stereocenters. The van der Waals surface area contributed by atoms with Gasteiger partial charge in [-0.05, 0) is 0 Å². The van der Waals surface area contributed by atoms with E-state index in [-0.39, 0.29) is 0 Å². The van der Waals surface area contributed by atoms with E-state index in [1.807, 2.05) is 7.11 Å². The van der Waals surface area contributed by atoms with Crippen LogP contribution in [0.5, 0.6) is 0 Å². The Kier molecular flexibility index (Phi) is 5.10. The summed E-state index contributed by atoms with van der Waals surface area (Å²) < 4.78 is 5.46. The molecule has 2 rings (SSSR count). The van der Waals surface area contributed by atoms with Gasteiger partial charge in [0.25, 0.3) is 0 Å². The highest BCUT2D eigenvalue weighted by Crippen LogP contribution is 2.17. The van der Waals surface area contributed by atoms with E-state index in [1.54, 1.807) is 0 Å². The molecule has 88 valence electrons. The standard InChI is InChI=1S/C10H20N2OS2/c1-13-10-5-11-4-9(10)12-8-6-14-2-3-15-7-8/h8-12H,2-7H2,1H3/t9-,10-/m0/s1. The predicted molar refractivity (Wildman–Crippen MR) is 69.0 cm³/mol. The minimum absolute atomic E-state index is 0.350. The van der Waals surface area contributed by atoms with Crippen molar-refractivity contribution in [2.45, 2.75) is 18.2 Å². The normalized spacial score (nSPS) is 34.2. The van der Waals surface area contributed by atoms with E-state index in [2.05, 4.69) is 34.2 Å². The van der Waals surface area contributed by atoms with E-state index in [0.29, 0.717) is 18.2 Å². The molecule has 2 saturated heterocycles. The van der Waals surface area contributed by atoms with Crippen molar-refractivity contribution in [2.75, 3.05) is 43.2 Å². The summed E-state index contributed by atoms with van der Waals surface area (Å²) in [4.78, 5) is 0. The van der Waals surface area contributed by atoms with Crippen molar-refractivity contribution in [1.29, 1.82) is 0 Å². The lowest BCUT2D eigenvalue weighted by Crippen LogP contribution is -2.47. The van der Waals surface area contributed by atoms with Gasteiger partial charge in [-0.1, -0.05) is 0 Å². The van der Waals surface area contributed by atoms with Crippen molar-refractivity contribution in [1.82, 2.24) is 10.6 Å². The smallest absolute Gasteiger partial charge is 0.0860 e. The quantitative estimate of drug-likeness (QED) is 0.756. The van der Waals surface area contributed by atoms with Gasteiger partial charge in [0.1, 0.15) is 0 Å². The molecule has 0 spiro atoms. The number of hydrogen-bond acceptors (Lipinski definition) is 5. The van der Waals surface area contributed by atoms with Gasteiger partial charge in [-0.3, -0.25) is 0 Å². The predicted octanol–water partition coefficient (Wildman–Crippen LogP) is 0.411. The van der Waals surface area contributed by atoms with Gasteiger partial charge in [0.05, 0.1) is 6.10 Å². The molecule has 0 aromatic rings. The van der Waals surface area contributed by atoms with Gasteiger partial charge in [-0.25, -0.2) is 0 Å². The first kappa shape index (κ1) is 12.0. The summed E-state index contributed by atoms with van der Waals surface area (Å²) in [5.41, 5.74) is 0. The first-order valence-corrected chi connectivity index (χ1v) is 7.86. The zero-order chi connectivity index (χ0) is 10.5. The molecule has 0 radical (unpaired) electrons. The first-order chi connectivity index (χ1) is 7.40. The van der Waals surface area contributed by atoms with Gasteiger partial charge in [0.15, 0.2) is 0 Å². The molecular weight excluding hydrogens is 228 g/mol. The molecule has 2 atom stereocenters. The molecule has 0 aliphatic carbocycles. The topological polar surface area (TPSA) is 33.3 Å². The van der Waals surface area contributed by atoms with Crippen molar-refractivity contribution < 1.29 is 4.74 Å². The molecule has 0 aromatic heterocycles. The number of rotatable bonds is 3. The van der Waals surface area contributed by atoms with E-state index in [4.69, 9.17) is 4.74 Å². The number of thioether (sulfide) groups is 2. The van der Waals surface area contributed by atoms with E-state index >= 15 is 0 Å². The van der Waals surface area contributed by atoms with Crippen LogP contribution in [0.1, 0.15) is 0 Å². The number of methoxy groups -OCH3 is 1. The number of hydrogen-bond donors (Lipinski definition) is 2. The fraction of sp³-hybridized carbons (Fsp3) is 1.00. The van der Waals surface area contributed by atoms with E-state index in [0.717, 1.165) is 13.1 Å². The zero-order valence-corrected chi connectivity index (χ0v) is 10.8. The average Bonchev–Trinajstić information content (AvgIpc) is 2.53. The Hall–Kier alpha value is 0.580. The Morgan fingerprint density at radius 1 is 1.20 bits per heavy atom. The lowest BCUT2D eigenvalue weighted by molar-refractivity contribution is 0.0942.